The molecule has 78 valence electrons. The zero-order valence-corrected chi connectivity index (χ0v) is 10.1. The van der Waals surface area contributed by atoms with Crippen LogP contribution in [0.3, 0.4) is 0 Å². The van der Waals surface area contributed by atoms with E-state index in [1.807, 2.05) is 23.5 Å². The second-order valence-corrected chi connectivity index (χ2v) is 5.31. The summed E-state index contributed by atoms with van der Waals surface area (Å²) in [6, 6.07) is 8.35. The molecule has 0 unspecified atom stereocenters. The maximum Gasteiger partial charge on any atom is 0.0349 e. The summed E-state index contributed by atoms with van der Waals surface area (Å²) in [4.78, 5) is 2.71. The Hall–Kier alpha value is -1.28. The van der Waals surface area contributed by atoms with Crippen LogP contribution in [0.2, 0.25) is 0 Å². The van der Waals surface area contributed by atoms with Crippen LogP contribution >= 0.6 is 11.3 Å². The summed E-state index contributed by atoms with van der Waals surface area (Å²) in [7, 11) is 0. The van der Waals surface area contributed by atoms with E-state index in [9.17, 15) is 0 Å². The monoisotopic (exact) mass is 217 g/mol. The van der Waals surface area contributed by atoms with Crippen molar-refractivity contribution >= 4 is 17.0 Å². The van der Waals surface area contributed by atoms with Crippen LogP contribution in [0.4, 0.5) is 5.69 Å². The minimum absolute atomic E-state index is 0.871. The first kappa shape index (κ1) is 10.2. The number of benzene rings is 1. The molecular formula is C13H15NS. The van der Waals surface area contributed by atoms with Crippen LogP contribution in [0.5, 0.6) is 0 Å². The van der Waals surface area contributed by atoms with Crippen molar-refractivity contribution in [1.82, 2.24) is 0 Å². The largest absolute Gasteiger partial charge is 0.398 e. The standard InChI is InChI=1S/C13H15NS/c1-8-7-12(10(3)15-8)11-5-4-6-13(14)9(11)2/h4-7H,14H2,1-3H3. The Morgan fingerprint density at radius 1 is 1.07 bits per heavy atom. The number of hydrogen-bond acceptors (Lipinski definition) is 2. The molecule has 0 amide bonds. The van der Waals surface area contributed by atoms with Crippen LogP contribution < -0.4 is 5.73 Å². The zero-order chi connectivity index (χ0) is 11.0. The lowest BCUT2D eigenvalue weighted by molar-refractivity contribution is 1.45. The van der Waals surface area contributed by atoms with Gasteiger partial charge in [-0.15, -0.1) is 11.3 Å². The van der Waals surface area contributed by atoms with Crippen molar-refractivity contribution < 1.29 is 0 Å². The number of nitrogens with two attached hydrogens (primary N) is 1. The molecule has 1 aromatic carbocycles. The van der Waals surface area contributed by atoms with Gasteiger partial charge in [-0.2, -0.15) is 0 Å². The summed E-state index contributed by atoms with van der Waals surface area (Å²) in [5, 5.41) is 0. The maximum absolute atomic E-state index is 5.92. The molecule has 2 N–H and O–H groups in total. The third kappa shape index (κ3) is 1.77. The molecule has 0 saturated heterocycles. The van der Waals surface area contributed by atoms with Crippen molar-refractivity contribution in [2.75, 3.05) is 5.73 Å². The molecule has 2 rings (SSSR count). The fourth-order valence-corrected chi connectivity index (χ4v) is 2.78. The van der Waals surface area contributed by atoms with Gasteiger partial charge >= 0.3 is 0 Å². The molecule has 1 heterocycles. The van der Waals surface area contributed by atoms with E-state index < -0.39 is 0 Å². The van der Waals surface area contributed by atoms with E-state index in [0.717, 1.165) is 5.69 Å². The fraction of sp³-hybridized carbons (Fsp3) is 0.231. The molecular weight excluding hydrogens is 202 g/mol. The van der Waals surface area contributed by atoms with Crippen LogP contribution in [0.15, 0.2) is 24.3 Å². The van der Waals surface area contributed by atoms with Gasteiger partial charge in [-0.05, 0) is 49.6 Å². The first-order chi connectivity index (χ1) is 7.09. The number of anilines is 1. The smallest absolute Gasteiger partial charge is 0.0349 e. The lowest BCUT2D eigenvalue weighted by atomic mass is 10.00. The molecule has 0 saturated carbocycles. The minimum Gasteiger partial charge on any atom is -0.398 e. The lowest BCUT2D eigenvalue weighted by Gasteiger charge is -2.07. The van der Waals surface area contributed by atoms with Crippen molar-refractivity contribution in [3.63, 3.8) is 0 Å². The third-order valence-corrected chi connectivity index (χ3v) is 3.67. The maximum atomic E-state index is 5.92. The average Bonchev–Trinajstić information content (AvgIpc) is 2.50. The first-order valence-corrected chi connectivity index (χ1v) is 5.83. The zero-order valence-electron chi connectivity index (χ0n) is 9.29. The normalized spacial score (nSPS) is 10.6. The second kappa shape index (κ2) is 3.70. The molecule has 0 aliphatic rings. The van der Waals surface area contributed by atoms with Crippen LogP contribution in [-0.4, -0.2) is 0 Å². The van der Waals surface area contributed by atoms with Gasteiger partial charge in [-0.25, -0.2) is 0 Å². The second-order valence-electron chi connectivity index (χ2n) is 3.85. The van der Waals surface area contributed by atoms with Crippen LogP contribution in [0.1, 0.15) is 15.3 Å². The quantitative estimate of drug-likeness (QED) is 0.720. The van der Waals surface area contributed by atoms with E-state index in [1.54, 1.807) is 0 Å². The van der Waals surface area contributed by atoms with Crippen LogP contribution in [0.25, 0.3) is 11.1 Å². The highest BCUT2D eigenvalue weighted by atomic mass is 32.1. The fourth-order valence-electron chi connectivity index (χ4n) is 1.84. The molecule has 15 heavy (non-hydrogen) atoms. The SMILES string of the molecule is Cc1cc(-c2cccc(N)c2C)c(C)s1. The molecule has 0 atom stereocenters. The molecule has 1 nitrogen and oxygen atoms in total. The molecule has 2 aromatic rings. The summed E-state index contributed by atoms with van der Waals surface area (Å²) in [6.45, 7) is 6.38. The van der Waals surface area contributed by atoms with Crippen molar-refractivity contribution in [3.8, 4) is 11.1 Å². The molecule has 0 radical (unpaired) electrons. The average molecular weight is 217 g/mol. The van der Waals surface area contributed by atoms with Gasteiger partial charge in [0.15, 0.2) is 0 Å². The Kier molecular flexibility index (Phi) is 2.53. The van der Waals surface area contributed by atoms with Crippen molar-refractivity contribution in [2.24, 2.45) is 0 Å². The van der Waals surface area contributed by atoms with E-state index in [-0.39, 0.29) is 0 Å². The lowest BCUT2D eigenvalue weighted by Crippen LogP contribution is -1.91. The molecule has 0 fully saturated rings. The van der Waals surface area contributed by atoms with Gasteiger partial charge in [0, 0.05) is 15.4 Å². The predicted octanol–water partition coefficient (Wildman–Crippen LogP) is 3.92. The van der Waals surface area contributed by atoms with E-state index in [2.05, 4.69) is 32.9 Å². The van der Waals surface area contributed by atoms with E-state index in [0.29, 0.717) is 0 Å². The van der Waals surface area contributed by atoms with Crippen molar-refractivity contribution in [3.05, 3.63) is 39.6 Å². The Balaban J connectivity index is 2.64. The van der Waals surface area contributed by atoms with Crippen LogP contribution in [-0.2, 0) is 0 Å². The number of hydrogen-bond donors (Lipinski definition) is 1. The highest BCUT2D eigenvalue weighted by Gasteiger charge is 2.09. The molecule has 1 aromatic heterocycles. The summed E-state index contributed by atoms with van der Waals surface area (Å²) < 4.78 is 0. The number of nitrogen functional groups attached to an aromatic ring is 1. The molecule has 0 aliphatic carbocycles. The van der Waals surface area contributed by atoms with Gasteiger partial charge in [-0.3, -0.25) is 0 Å². The highest BCUT2D eigenvalue weighted by Crippen LogP contribution is 2.34. The van der Waals surface area contributed by atoms with Gasteiger partial charge in [0.1, 0.15) is 0 Å². The van der Waals surface area contributed by atoms with Gasteiger partial charge < -0.3 is 5.73 Å². The van der Waals surface area contributed by atoms with Crippen LogP contribution in [0, 0.1) is 20.8 Å². The Labute approximate surface area is 94.6 Å². The van der Waals surface area contributed by atoms with Gasteiger partial charge in [0.25, 0.3) is 0 Å². The predicted molar refractivity (Wildman–Crippen MR) is 68.4 cm³/mol. The summed E-state index contributed by atoms with van der Waals surface area (Å²) in [5.41, 5.74) is 10.6. The minimum atomic E-state index is 0.871. The first-order valence-electron chi connectivity index (χ1n) is 5.02. The van der Waals surface area contributed by atoms with E-state index in [1.165, 1.54) is 26.4 Å². The highest BCUT2D eigenvalue weighted by molar-refractivity contribution is 7.12. The van der Waals surface area contributed by atoms with Gasteiger partial charge in [-0.1, -0.05) is 12.1 Å². The van der Waals surface area contributed by atoms with E-state index >= 15 is 0 Å². The summed E-state index contributed by atoms with van der Waals surface area (Å²) in [6.07, 6.45) is 0. The topological polar surface area (TPSA) is 26.0 Å². The number of rotatable bonds is 1. The molecule has 2 heteroatoms. The Morgan fingerprint density at radius 3 is 2.40 bits per heavy atom. The Bertz CT molecular complexity index is 497. The Morgan fingerprint density at radius 2 is 1.80 bits per heavy atom. The summed E-state index contributed by atoms with van der Waals surface area (Å²) >= 11 is 1.84. The third-order valence-electron chi connectivity index (χ3n) is 2.71. The number of thiophene rings is 1. The number of aryl methyl sites for hydroxylation is 2. The van der Waals surface area contributed by atoms with Crippen molar-refractivity contribution in [1.29, 1.82) is 0 Å². The van der Waals surface area contributed by atoms with E-state index in [4.69, 9.17) is 5.73 Å². The van der Waals surface area contributed by atoms with Gasteiger partial charge in [0.2, 0.25) is 0 Å². The molecule has 0 aliphatic heterocycles. The molecule has 0 bridgehead atoms. The van der Waals surface area contributed by atoms with Gasteiger partial charge in [0.05, 0.1) is 0 Å². The molecule has 0 spiro atoms. The van der Waals surface area contributed by atoms with Crippen molar-refractivity contribution in [2.45, 2.75) is 20.8 Å². The summed E-state index contributed by atoms with van der Waals surface area (Å²) in [5.74, 6) is 0.